The number of nitrogens with zero attached hydrogens (tertiary/aromatic N) is 1. The van der Waals surface area contributed by atoms with E-state index in [1.807, 2.05) is 18.3 Å². The highest BCUT2D eigenvalue weighted by Gasteiger charge is 2.02. The average molecular weight is 248 g/mol. The summed E-state index contributed by atoms with van der Waals surface area (Å²) in [4.78, 5) is 4.85. The SMILES string of the molecule is Nc1ccc(F)cc1SCCc1cccnc1. The Kier molecular flexibility index (Phi) is 3.98. The van der Waals surface area contributed by atoms with E-state index in [-0.39, 0.29) is 5.82 Å². The minimum absolute atomic E-state index is 0.247. The second kappa shape index (κ2) is 5.68. The standard InChI is InChI=1S/C13H13FN2S/c14-11-3-4-12(15)13(8-11)17-7-5-10-2-1-6-16-9-10/h1-4,6,8-9H,5,7,15H2. The molecule has 0 radical (unpaired) electrons. The van der Waals surface area contributed by atoms with Gasteiger partial charge in [-0.05, 0) is 36.2 Å². The zero-order valence-corrected chi connectivity index (χ0v) is 10.1. The van der Waals surface area contributed by atoms with Crippen LogP contribution in [0.2, 0.25) is 0 Å². The van der Waals surface area contributed by atoms with E-state index in [2.05, 4.69) is 4.98 Å². The molecule has 0 aliphatic rings. The molecule has 1 aromatic heterocycles. The maximum Gasteiger partial charge on any atom is 0.124 e. The lowest BCUT2D eigenvalue weighted by molar-refractivity contribution is 0.624. The van der Waals surface area contributed by atoms with Crippen LogP contribution in [0, 0.1) is 5.82 Å². The van der Waals surface area contributed by atoms with E-state index < -0.39 is 0 Å². The van der Waals surface area contributed by atoms with Crippen molar-refractivity contribution in [2.75, 3.05) is 11.5 Å². The second-order valence-corrected chi connectivity index (χ2v) is 4.78. The van der Waals surface area contributed by atoms with Crippen LogP contribution in [-0.2, 0) is 6.42 Å². The number of benzene rings is 1. The Labute approximate surface area is 104 Å². The molecule has 2 aromatic rings. The zero-order chi connectivity index (χ0) is 12.1. The lowest BCUT2D eigenvalue weighted by atomic mass is 10.2. The Morgan fingerprint density at radius 1 is 1.29 bits per heavy atom. The number of pyridine rings is 1. The van der Waals surface area contributed by atoms with Gasteiger partial charge in [0.25, 0.3) is 0 Å². The molecule has 2 nitrogen and oxygen atoms in total. The van der Waals surface area contributed by atoms with Crippen LogP contribution in [0.4, 0.5) is 10.1 Å². The molecule has 88 valence electrons. The Morgan fingerprint density at radius 2 is 2.18 bits per heavy atom. The normalized spacial score (nSPS) is 10.4. The van der Waals surface area contributed by atoms with E-state index >= 15 is 0 Å². The topological polar surface area (TPSA) is 38.9 Å². The lowest BCUT2D eigenvalue weighted by Gasteiger charge is -2.05. The Hall–Kier alpha value is -1.55. The summed E-state index contributed by atoms with van der Waals surface area (Å²) >= 11 is 1.56. The van der Waals surface area contributed by atoms with E-state index in [1.165, 1.54) is 17.7 Å². The Bertz CT molecular complexity index is 488. The number of halogens is 1. The number of thioether (sulfide) groups is 1. The van der Waals surface area contributed by atoms with Gasteiger partial charge in [-0.2, -0.15) is 0 Å². The monoisotopic (exact) mass is 248 g/mol. The van der Waals surface area contributed by atoms with Gasteiger partial charge >= 0.3 is 0 Å². The van der Waals surface area contributed by atoms with Gasteiger partial charge in [0.1, 0.15) is 5.82 Å². The molecule has 0 unspecified atom stereocenters. The van der Waals surface area contributed by atoms with Crippen LogP contribution in [0.25, 0.3) is 0 Å². The van der Waals surface area contributed by atoms with Crippen molar-refractivity contribution in [1.29, 1.82) is 0 Å². The number of anilines is 1. The van der Waals surface area contributed by atoms with Crippen LogP contribution < -0.4 is 5.73 Å². The first kappa shape index (κ1) is 11.9. The predicted molar refractivity (Wildman–Crippen MR) is 69.5 cm³/mol. The molecule has 0 saturated heterocycles. The highest BCUT2D eigenvalue weighted by molar-refractivity contribution is 7.99. The Balaban J connectivity index is 1.92. The molecule has 2 rings (SSSR count). The zero-order valence-electron chi connectivity index (χ0n) is 9.27. The van der Waals surface area contributed by atoms with Crippen molar-refractivity contribution in [3.05, 3.63) is 54.1 Å². The molecule has 0 saturated carbocycles. The number of nitrogens with two attached hydrogens (primary N) is 1. The van der Waals surface area contributed by atoms with E-state index in [1.54, 1.807) is 24.0 Å². The van der Waals surface area contributed by atoms with E-state index in [0.29, 0.717) is 5.69 Å². The van der Waals surface area contributed by atoms with Crippen LogP contribution >= 0.6 is 11.8 Å². The molecule has 0 bridgehead atoms. The fourth-order valence-electron chi connectivity index (χ4n) is 1.46. The highest BCUT2D eigenvalue weighted by Crippen LogP contribution is 2.26. The van der Waals surface area contributed by atoms with Crippen LogP contribution in [0.5, 0.6) is 0 Å². The van der Waals surface area contributed by atoms with Gasteiger partial charge in [-0.15, -0.1) is 11.8 Å². The molecule has 17 heavy (non-hydrogen) atoms. The quantitative estimate of drug-likeness (QED) is 0.667. The molecule has 0 atom stereocenters. The second-order valence-electron chi connectivity index (χ2n) is 3.64. The fourth-order valence-corrected chi connectivity index (χ4v) is 2.45. The molecular formula is C13H13FN2S. The number of hydrogen-bond acceptors (Lipinski definition) is 3. The van der Waals surface area contributed by atoms with Crippen molar-refractivity contribution in [3.63, 3.8) is 0 Å². The summed E-state index contributed by atoms with van der Waals surface area (Å²) < 4.78 is 13.0. The number of hydrogen-bond donors (Lipinski definition) is 1. The molecule has 2 N–H and O–H groups in total. The van der Waals surface area contributed by atoms with E-state index in [0.717, 1.165) is 17.1 Å². The smallest absolute Gasteiger partial charge is 0.124 e. The molecule has 0 amide bonds. The number of aryl methyl sites for hydroxylation is 1. The predicted octanol–water partition coefficient (Wildman–Crippen LogP) is 3.14. The average Bonchev–Trinajstić information content (AvgIpc) is 2.35. The van der Waals surface area contributed by atoms with E-state index in [4.69, 9.17) is 5.73 Å². The molecule has 0 aliphatic heterocycles. The summed E-state index contributed by atoms with van der Waals surface area (Å²) in [6.07, 6.45) is 4.49. The van der Waals surface area contributed by atoms with Gasteiger partial charge in [-0.25, -0.2) is 4.39 Å². The Morgan fingerprint density at radius 3 is 2.94 bits per heavy atom. The third-order valence-electron chi connectivity index (χ3n) is 2.35. The van der Waals surface area contributed by atoms with Crippen molar-refractivity contribution >= 4 is 17.4 Å². The third-order valence-corrected chi connectivity index (χ3v) is 3.42. The first-order valence-electron chi connectivity index (χ1n) is 5.32. The first-order chi connectivity index (χ1) is 8.25. The van der Waals surface area contributed by atoms with Gasteiger partial charge < -0.3 is 5.73 Å². The summed E-state index contributed by atoms with van der Waals surface area (Å²) in [5.74, 6) is 0.613. The summed E-state index contributed by atoms with van der Waals surface area (Å²) in [7, 11) is 0. The van der Waals surface area contributed by atoms with Gasteiger partial charge in [0.05, 0.1) is 0 Å². The molecule has 4 heteroatoms. The minimum atomic E-state index is -0.247. The van der Waals surface area contributed by atoms with Gasteiger partial charge in [-0.1, -0.05) is 6.07 Å². The maximum absolute atomic E-state index is 13.0. The summed E-state index contributed by atoms with van der Waals surface area (Å²) in [6.45, 7) is 0. The molecule has 1 heterocycles. The number of aromatic nitrogens is 1. The third kappa shape index (κ3) is 3.46. The summed E-state index contributed by atoms with van der Waals surface area (Å²) in [5, 5.41) is 0. The van der Waals surface area contributed by atoms with Gasteiger partial charge in [0.15, 0.2) is 0 Å². The van der Waals surface area contributed by atoms with Gasteiger partial charge in [0, 0.05) is 28.7 Å². The van der Waals surface area contributed by atoms with Crippen LogP contribution in [0.3, 0.4) is 0 Å². The van der Waals surface area contributed by atoms with Crippen LogP contribution in [0.1, 0.15) is 5.56 Å². The molecule has 1 aromatic carbocycles. The minimum Gasteiger partial charge on any atom is -0.398 e. The van der Waals surface area contributed by atoms with Crippen molar-refractivity contribution in [3.8, 4) is 0 Å². The molecule has 0 aliphatic carbocycles. The van der Waals surface area contributed by atoms with Gasteiger partial charge in [-0.3, -0.25) is 4.98 Å². The van der Waals surface area contributed by atoms with Crippen molar-refractivity contribution in [2.24, 2.45) is 0 Å². The molecule has 0 spiro atoms. The maximum atomic E-state index is 13.0. The van der Waals surface area contributed by atoms with Crippen LogP contribution in [-0.4, -0.2) is 10.7 Å². The van der Waals surface area contributed by atoms with Gasteiger partial charge in [0.2, 0.25) is 0 Å². The summed E-state index contributed by atoms with van der Waals surface area (Å²) in [5.41, 5.74) is 7.57. The molecular weight excluding hydrogens is 235 g/mol. The van der Waals surface area contributed by atoms with Crippen molar-refractivity contribution < 1.29 is 4.39 Å². The lowest BCUT2D eigenvalue weighted by Crippen LogP contribution is -1.93. The van der Waals surface area contributed by atoms with E-state index in [9.17, 15) is 4.39 Å². The first-order valence-corrected chi connectivity index (χ1v) is 6.31. The highest BCUT2D eigenvalue weighted by atomic mass is 32.2. The molecule has 0 fully saturated rings. The largest absolute Gasteiger partial charge is 0.398 e. The fraction of sp³-hybridized carbons (Fsp3) is 0.154. The van der Waals surface area contributed by atoms with Crippen molar-refractivity contribution in [1.82, 2.24) is 4.98 Å². The number of nitrogen functional groups attached to an aromatic ring is 1. The van der Waals surface area contributed by atoms with Crippen LogP contribution in [0.15, 0.2) is 47.6 Å². The number of rotatable bonds is 4. The van der Waals surface area contributed by atoms with Crippen molar-refractivity contribution in [2.45, 2.75) is 11.3 Å². The summed E-state index contributed by atoms with van der Waals surface area (Å²) in [6, 6.07) is 8.39.